The smallest absolute Gasteiger partial charge is 0.195 e. The van der Waals surface area contributed by atoms with Crippen molar-refractivity contribution in [2.45, 2.75) is 6.92 Å². The first-order chi connectivity index (χ1) is 10.1. The number of H-pyrrole nitrogens is 1. The van der Waals surface area contributed by atoms with Gasteiger partial charge < -0.3 is 4.98 Å². The number of carbonyl (C=O) groups is 1. The van der Waals surface area contributed by atoms with E-state index in [1.54, 1.807) is 24.4 Å². The number of aromatic amines is 1. The molecule has 1 aromatic heterocycles. The zero-order chi connectivity index (χ0) is 15.0. The maximum Gasteiger partial charge on any atom is 0.195 e. The minimum absolute atomic E-state index is 0.0491. The molecule has 21 heavy (non-hydrogen) atoms. The van der Waals surface area contributed by atoms with E-state index in [-0.39, 0.29) is 5.78 Å². The largest absolute Gasteiger partial charge is 0.360 e. The molecule has 102 valence electrons. The van der Waals surface area contributed by atoms with E-state index < -0.39 is 0 Å². The molecular formula is C17H11BrN2O. The molecule has 1 heterocycles. The number of hydrogen-bond acceptors (Lipinski definition) is 2. The third kappa shape index (κ3) is 2.37. The SMILES string of the molecule is Cc1cc(C(=O)c2c[nH]c3ccc(C#N)cc23)ccc1Br. The highest BCUT2D eigenvalue weighted by Gasteiger charge is 2.15. The van der Waals surface area contributed by atoms with Gasteiger partial charge in [-0.15, -0.1) is 0 Å². The molecule has 0 aliphatic rings. The first-order valence-electron chi connectivity index (χ1n) is 6.42. The average Bonchev–Trinajstić information content (AvgIpc) is 2.92. The zero-order valence-electron chi connectivity index (χ0n) is 11.3. The van der Waals surface area contributed by atoms with Gasteiger partial charge in [0.05, 0.1) is 11.6 Å². The van der Waals surface area contributed by atoms with E-state index in [0.717, 1.165) is 20.9 Å². The summed E-state index contributed by atoms with van der Waals surface area (Å²) in [4.78, 5) is 15.7. The Kier molecular flexibility index (Phi) is 3.36. The van der Waals surface area contributed by atoms with Crippen LogP contribution in [0, 0.1) is 18.3 Å². The summed E-state index contributed by atoms with van der Waals surface area (Å²) in [7, 11) is 0. The van der Waals surface area contributed by atoms with Crippen molar-refractivity contribution in [3.8, 4) is 6.07 Å². The fourth-order valence-electron chi connectivity index (χ4n) is 2.32. The summed E-state index contributed by atoms with van der Waals surface area (Å²) in [6, 6.07) is 12.9. The normalized spacial score (nSPS) is 10.5. The molecule has 0 bridgehead atoms. The van der Waals surface area contributed by atoms with E-state index in [2.05, 4.69) is 27.0 Å². The number of nitriles is 1. The van der Waals surface area contributed by atoms with Gasteiger partial charge in [-0.25, -0.2) is 0 Å². The number of aromatic nitrogens is 1. The molecule has 0 aliphatic heterocycles. The number of aryl methyl sites for hydroxylation is 1. The lowest BCUT2D eigenvalue weighted by Crippen LogP contribution is -2.01. The first-order valence-corrected chi connectivity index (χ1v) is 7.21. The molecule has 1 N–H and O–H groups in total. The van der Waals surface area contributed by atoms with Crippen LogP contribution in [0.2, 0.25) is 0 Å². The van der Waals surface area contributed by atoms with Crippen LogP contribution in [-0.2, 0) is 0 Å². The molecule has 0 aliphatic carbocycles. The van der Waals surface area contributed by atoms with Gasteiger partial charge in [0.1, 0.15) is 0 Å². The molecule has 0 unspecified atom stereocenters. The van der Waals surface area contributed by atoms with Gasteiger partial charge in [-0.1, -0.05) is 15.9 Å². The van der Waals surface area contributed by atoms with E-state index in [0.29, 0.717) is 16.7 Å². The molecule has 0 amide bonds. The molecular weight excluding hydrogens is 328 g/mol. The van der Waals surface area contributed by atoms with Crippen molar-refractivity contribution < 1.29 is 4.79 Å². The van der Waals surface area contributed by atoms with Crippen molar-refractivity contribution >= 4 is 32.6 Å². The van der Waals surface area contributed by atoms with Gasteiger partial charge in [-0.05, 0) is 48.9 Å². The number of benzene rings is 2. The molecule has 0 saturated carbocycles. The van der Waals surface area contributed by atoms with E-state index >= 15 is 0 Å². The van der Waals surface area contributed by atoms with E-state index in [1.807, 2.05) is 25.1 Å². The highest BCUT2D eigenvalue weighted by Crippen LogP contribution is 2.24. The van der Waals surface area contributed by atoms with Crippen LogP contribution >= 0.6 is 15.9 Å². The molecule has 3 aromatic rings. The van der Waals surface area contributed by atoms with Gasteiger partial charge in [-0.3, -0.25) is 4.79 Å². The summed E-state index contributed by atoms with van der Waals surface area (Å²) in [5, 5.41) is 9.78. The van der Waals surface area contributed by atoms with Crippen LogP contribution in [-0.4, -0.2) is 10.8 Å². The highest BCUT2D eigenvalue weighted by molar-refractivity contribution is 9.10. The molecule has 0 fully saturated rings. The molecule has 0 radical (unpaired) electrons. The average molecular weight is 339 g/mol. The number of fused-ring (bicyclic) bond motifs is 1. The Labute approximate surface area is 130 Å². The van der Waals surface area contributed by atoms with Gasteiger partial charge in [0, 0.05) is 32.7 Å². The fourth-order valence-corrected chi connectivity index (χ4v) is 2.57. The van der Waals surface area contributed by atoms with Crippen molar-refractivity contribution in [3.63, 3.8) is 0 Å². The first kappa shape index (κ1) is 13.6. The minimum Gasteiger partial charge on any atom is -0.360 e. The second kappa shape index (κ2) is 5.19. The van der Waals surface area contributed by atoms with Crippen molar-refractivity contribution in [2.75, 3.05) is 0 Å². The predicted molar refractivity (Wildman–Crippen MR) is 85.3 cm³/mol. The summed E-state index contributed by atoms with van der Waals surface area (Å²) in [5.41, 5.74) is 3.63. The summed E-state index contributed by atoms with van der Waals surface area (Å²) >= 11 is 3.43. The van der Waals surface area contributed by atoms with Crippen LogP contribution < -0.4 is 0 Å². The van der Waals surface area contributed by atoms with E-state index in [9.17, 15) is 4.79 Å². The Morgan fingerprint density at radius 1 is 1.24 bits per heavy atom. The van der Waals surface area contributed by atoms with Crippen LogP contribution in [0.15, 0.2) is 47.1 Å². The molecule has 3 rings (SSSR count). The van der Waals surface area contributed by atoms with Gasteiger partial charge in [-0.2, -0.15) is 5.26 Å². The maximum atomic E-state index is 12.7. The lowest BCUT2D eigenvalue weighted by molar-refractivity contribution is 0.104. The Bertz CT molecular complexity index is 903. The lowest BCUT2D eigenvalue weighted by Gasteiger charge is -2.03. The Hall–Kier alpha value is -2.38. The zero-order valence-corrected chi connectivity index (χ0v) is 12.9. The second-order valence-electron chi connectivity index (χ2n) is 4.87. The minimum atomic E-state index is -0.0491. The van der Waals surface area contributed by atoms with Gasteiger partial charge >= 0.3 is 0 Å². The number of hydrogen-bond donors (Lipinski definition) is 1. The maximum absolute atomic E-state index is 12.7. The van der Waals surface area contributed by atoms with Gasteiger partial charge in [0.25, 0.3) is 0 Å². The molecule has 2 aromatic carbocycles. The van der Waals surface area contributed by atoms with Crippen LogP contribution in [0.5, 0.6) is 0 Å². The standard InChI is InChI=1S/C17H11BrN2O/c1-10-6-12(3-4-15(10)18)17(21)14-9-20-16-5-2-11(8-19)7-13(14)16/h2-7,9,20H,1H3. The number of rotatable bonds is 2. The number of nitrogens with one attached hydrogen (secondary N) is 1. The van der Waals surface area contributed by atoms with Crippen LogP contribution in [0.3, 0.4) is 0 Å². The lowest BCUT2D eigenvalue weighted by atomic mass is 10.0. The predicted octanol–water partition coefficient (Wildman–Crippen LogP) is 4.34. The van der Waals surface area contributed by atoms with Crippen molar-refractivity contribution in [3.05, 3.63) is 69.3 Å². The van der Waals surface area contributed by atoms with E-state index in [4.69, 9.17) is 5.26 Å². The number of carbonyl (C=O) groups excluding carboxylic acids is 1. The van der Waals surface area contributed by atoms with Crippen molar-refractivity contribution in [2.24, 2.45) is 0 Å². The van der Waals surface area contributed by atoms with Crippen LogP contribution in [0.4, 0.5) is 0 Å². The molecule has 3 nitrogen and oxygen atoms in total. The Morgan fingerprint density at radius 3 is 2.76 bits per heavy atom. The third-order valence-corrected chi connectivity index (χ3v) is 4.37. The quantitative estimate of drug-likeness (QED) is 0.706. The topological polar surface area (TPSA) is 56.6 Å². The van der Waals surface area contributed by atoms with Crippen molar-refractivity contribution in [1.82, 2.24) is 4.98 Å². The summed E-state index contributed by atoms with van der Waals surface area (Å²) in [5.74, 6) is -0.0491. The van der Waals surface area contributed by atoms with E-state index in [1.165, 1.54) is 0 Å². The summed E-state index contributed by atoms with van der Waals surface area (Å²) in [6.45, 7) is 1.95. The second-order valence-corrected chi connectivity index (χ2v) is 5.72. The Morgan fingerprint density at radius 2 is 2.05 bits per heavy atom. The van der Waals surface area contributed by atoms with Crippen molar-refractivity contribution in [1.29, 1.82) is 5.26 Å². The molecule has 0 saturated heterocycles. The number of ketones is 1. The van der Waals surface area contributed by atoms with Gasteiger partial charge in [0.2, 0.25) is 0 Å². The molecule has 0 spiro atoms. The van der Waals surface area contributed by atoms with Crippen LogP contribution in [0.1, 0.15) is 27.0 Å². The fraction of sp³-hybridized carbons (Fsp3) is 0.0588. The number of halogens is 1. The third-order valence-electron chi connectivity index (χ3n) is 3.48. The summed E-state index contributed by atoms with van der Waals surface area (Å²) < 4.78 is 0.977. The van der Waals surface area contributed by atoms with Gasteiger partial charge in [0.15, 0.2) is 5.78 Å². The monoisotopic (exact) mass is 338 g/mol. The molecule has 4 heteroatoms. The molecule has 0 atom stereocenters. The Balaban J connectivity index is 2.13. The number of nitrogens with zero attached hydrogens (tertiary/aromatic N) is 1. The highest BCUT2D eigenvalue weighted by atomic mass is 79.9. The van der Waals surface area contributed by atoms with Crippen LogP contribution in [0.25, 0.3) is 10.9 Å². The summed E-state index contributed by atoms with van der Waals surface area (Å²) in [6.07, 6.45) is 1.70.